The highest BCUT2D eigenvalue weighted by molar-refractivity contribution is 6.01. The van der Waals surface area contributed by atoms with Crippen molar-refractivity contribution in [3.63, 3.8) is 0 Å². The average Bonchev–Trinajstić information content (AvgIpc) is 3.39. The zero-order chi connectivity index (χ0) is 25.7. The smallest absolute Gasteiger partial charge is 0.354 e. The fraction of sp³-hybridized carbons (Fsp3) is 0.125. The van der Waals surface area contributed by atoms with Gasteiger partial charge in [0.2, 0.25) is 0 Å². The van der Waals surface area contributed by atoms with Crippen molar-refractivity contribution < 1.29 is 22.8 Å². The van der Waals surface area contributed by atoms with Crippen LogP contribution in [0.4, 0.5) is 29.3 Å². The van der Waals surface area contributed by atoms with Crippen LogP contribution >= 0.6 is 0 Å². The molecule has 0 spiro atoms. The van der Waals surface area contributed by atoms with Gasteiger partial charge in [0.15, 0.2) is 0 Å². The molecule has 184 valence electrons. The van der Waals surface area contributed by atoms with Crippen molar-refractivity contribution in [3.05, 3.63) is 95.8 Å². The van der Waals surface area contributed by atoms with E-state index < -0.39 is 17.8 Å². The number of aromatic nitrogens is 4. The van der Waals surface area contributed by atoms with Gasteiger partial charge in [0, 0.05) is 18.9 Å². The van der Waals surface area contributed by atoms with E-state index in [1.54, 1.807) is 42.6 Å². The SMILES string of the molecule is CNC(=O)c1cc(Cc2ccc(NC(=O)Nc3cc(C(F)(F)F)ccc3-n3cncn3)cc2)ccn1. The molecule has 3 amide bonds. The molecule has 0 radical (unpaired) electrons. The Morgan fingerprint density at radius 3 is 2.42 bits per heavy atom. The number of nitrogens with zero attached hydrogens (tertiary/aromatic N) is 4. The monoisotopic (exact) mass is 495 g/mol. The van der Waals surface area contributed by atoms with Gasteiger partial charge in [-0.3, -0.25) is 9.78 Å². The third-order valence-corrected chi connectivity index (χ3v) is 5.14. The average molecular weight is 495 g/mol. The Morgan fingerprint density at radius 2 is 1.75 bits per heavy atom. The first-order valence-corrected chi connectivity index (χ1v) is 10.6. The number of benzene rings is 2. The Morgan fingerprint density at radius 1 is 0.972 bits per heavy atom. The van der Waals surface area contributed by atoms with E-state index in [0.29, 0.717) is 17.8 Å². The Bertz CT molecular complexity index is 1370. The molecule has 0 saturated heterocycles. The van der Waals surface area contributed by atoms with E-state index in [4.69, 9.17) is 0 Å². The minimum atomic E-state index is -4.58. The molecule has 2 aromatic carbocycles. The second-order valence-electron chi connectivity index (χ2n) is 7.65. The first-order valence-electron chi connectivity index (χ1n) is 10.6. The number of alkyl halides is 3. The molecule has 0 aliphatic carbocycles. The maximum atomic E-state index is 13.2. The first kappa shape index (κ1) is 24.4. The van der Waals surface area contributed by atoms with Crippen LogP contribution in [0.15, 0.2) is 73.4 Å². The van der Waals surface area contributed by atoms with Crippen molar-refractivity contribution >= 4 is 23.3 Å². The molecule has 2 aromatic heterocycles. The van der Waals surface area contributed by atoms with Crippen LogP contribution in [0.1, 0.15) is 27.2 Å². The summed E-state index contributed by atoms with van der Waals surface area (Å²) in [7, 11) is 1.53. The Hall–Kier alpha value is -4.74. The molecule has 12 heteroatoms. The van der Waals surface area contributed by atoms with Crippen LogP contribution < -0.4 is 16.0 Å². The summed E-state index contributed by atoms with van der Waals surface area (Å²) >= 11 is 0. The van der Waals surface area contributed by atoms with Gasteiger partial charge in [-0.05, 0) is 60.0 Å². The standard InChI is InChI=1S/C24H20F3N7O2/c1-28-22(35)20-11-16(8-9-30-20)10-15-2-5-18(6-3-15)32-23(36)33-19-12-17(24(25,26)27)4-7-21(19)34-14-29-13-31-34/h2-9,11-14H,10H2,1H3,(H,28,35)(H2,32,33,36). The van der Waals surface area contributed by atoms with Crippen molar-refractivity contribution in [2.24, 2.45) is 0 Å². The van der Waals surface area contributed by atoms with Gasteiger partial charge in [-0.2, -0.15) is 18.3 Å². The van der Waals surface area contributed by atoms with E-state index in [0.717, 1.165) is 23.3 Å². The quantitative estimate of drug-likeness (QED) is 0.370. The molecule has 36 heavy (non-hydrogen) atoms. The highest BCUT2D eigenvalue weighted by Crippen LogP contribution is 2.33. The minimum absolute atomic E-state index is 0.0888. The number of pyridine rings is 1. The summed E-state index contributed by atoms with van der Waals surface area (Å²) in [6.45, 7) is 0. The van der Waals surface area contributed by atoms with Crippen LogP contribution in [-0.2, 0) is 12.6 Å². The van der Waals surface area contributed by atoms with Crippen LogP contribution in [0.2, 0.25) is 0 Å². The summed E-state index contributed by atoms with van der Waals surface area (Å²) < 4.78 is 40.9. The number of halogens is 3. The lowest BCUT2D eigenvalue weighted by molar-refractivity contribution is -0.137. The van der Waals surface area contributed by atoms with Gasteiger partial charge in [-0.15, -0.1) is 0 Å². The zero-order valence-corrected chi connectivity index (χ0v) is 18.9. The van der Waals surface area contributed by atoms with Crippen LogP contribution in [0, 0.1) is 0 Å². The van der Waals surface area contributed by atoms with E-state index in [1.807, 2.05) is 0 Å². The second-order valence-corrected chi connectivity index (χ2v) is 7.65. The van der Waals surface area contributed by atoms with Crippen molar-refractivity contribution in [2.45, 2.75) is 12.6 Å². The lowest BCUT2D eigenvalue weighted by atomic mass is 10.0. The number of urea groups is 1. The molecular weight excluding hydrogens is 475 g/mol. The van der Waals surface area contributed by atoms with Crippen LogP contribution in [0.3, 0.4) is 0 Å². The third kappa shape index (κ3) is 5.84. The van der Waals surface area contributed by atoms with Gasteiger partial charge in [0.1, 0.15) is 18.3 Å². The van der Waals surface area contributed by atoms with Crippen molar-refractivity contribution in [2.75, 3.05) is 17.7 Å². The molecule has 0 atom stereocenters. The summed E-state index contributed by atoms with van der Waals surface area (Å²) in [5.41, 5.74) is 1.76. The largest absolute Gasteiger partial charge is 0.416 e. The molecule has 9 nitrogen and oxygen atoms in total. The van der Waals surface area contributed by atoms with Crippen molar-refractivity contribution in [1.29, 1.82) is 0 Å². The van der Waals surface area contributed by atoms with E-state index in [9.17, 15) is 22.8 Å². The molecule has 0 aliphatic rings. The predicted octanol–water partition coefficient (Wildman–Crippen LogP) is 4.28. The second kappa shape index (κ2) is 10.3. The summed E-state index contributed by atoms with van der Waals surface area (Å²) in [5.74, 6) is -0.282. The third-order valence-electron chi connectivity index (χ3n) is 5.14. The number of nitrogens with one attached hydrogen (secondary N) is 3. The van der Waals surface area contributed by atoms with E-state index in [2.05, 4.69) is 31.0 Å². The highest BCUT2D eigenvalue weighted by Gasteiger charge is 2.31. The maximum absolute atomic E-state index is 13.2. The van der Waals surface area contributed by atoms with Crippen molar-refractivity contribution in [3.8, 4) is 5.69 Å². The fourth-order valence-electron chi connectivity index (χ4n) is 3.41. The number of rotatable bonds is 6. The molecule has 4 rings (SSSR count). The number of amides is 3. The summed E-state index contributed by atoms with van der Waals surface area (Å²) in [6, 6.07) is 12.6. The number of carbonyl (C=O) groups excluding carboxylic acids is 2. The van der Waals surface area contributed by atoms with Crippen LogP contribution in [0.25, 0.3) is 5.69 Å². The van der Waals surface area contributed by atoms with E-state index in [1.165, 1.54) is 30.5 Å². The highest BCUT2D eigenvalue weighted by atomic mass is 19.4. The molecule has 3 N–H and O–H groups in total. The number of carbonyl (C=O) groups is 2. The molecule has 0 bridgehead atoms. The number of hydrogen-bond acceptors (Lipinski definition) is 5. The van der Waals surface area contributed by atoms with Gasteiger partial charge < -0.3 is 16.0 Å². The molecule has 4 aromatic rings. The predicted molar refractivity (Wildman–Crippen MR) is 126 cm³/mol. The van der Waals surface area contributed by atoms with Gasteiger partial charge in [0.25, 0.3) is 5.91 Å². The minimum Gasteiger partial charge on any atom is -0.354 e. The maximum Gasteiger partial charge on any atom is 0.416 e. The number of anilines is 2. The molecule has 2 heterocycles. The molecule has 0 unspecified atom stereocenters. The fourth-order valence-corrected chi connectivity index (χ4v) is 3.41. The molecular formula is C24H20F3N7O2. The summed E-state index contributed by atoms with van der Waals surface area (Å²) in [4.78, 5) is 32.2. The Kier molecular flexibility index (Phi) is 6.95. The van der Waals surface area contributed by atoms with Crippen LogP contribution in [0.5, 0.6) is 0 Å². The van der Waals surface area contributed by atoms with Gasteiger partial charge in [0.05, 0.1) is 16.9 Å². The first-order chi connectivity index (χ1) is 17.2. The van der Waals surface area contributed by atoms with E-state index in [-0.39, 0.29) is 17.3 Å². The summed E-state index contributed by atoms with van der Waals surface area (Å²) in [6.07, 6.45) is 0.0464. The number of hydrogen-bond donors (Lipinski definition) is 3. The Balaban J connectivity index is 1.46. The molecule has 0 aliphatic heterocycles. The van der Waals surface area contributed by atoms with Gasteiger partial charge in [-0.1, -0.05) is 12.1 Å². The Labute approximate surface area is 203 Å². The molecule has 0 saturated carbocycles. The van der Waals surface area contributed by atoms with E-state index >= 15 is 0 Å². The lowest BCUT2D eigenvalue weighted by Gasteiger charge is -2.15. The lowest BCUT2D eigenvalue weighted by Crippen LogP contribution is -2.21. The summed E-state index contributed by atoms with van der Waals surface area (Å²) in [5, 5.41) is 11.5. The van der Waals surface area contributed by atoms with Gasteiger partial charge >= 0.3 is 12.2 Å². The van der Waals surface area contributed by atoms with Crippen LogP contribution in [-0.4, -0.2) is 38.7 Å². The van der Waals surface area contributed by atoms with Gasteiger partial charge in [-0.25, -0.2) is 14.5 Å². The molecule has 0 fully saturated rings. The van der Waals surface area contributed by atoms with Crippen molar-refractivity contribution in [1.82, 2.24) is 25.1 Å². The normalized spacial score (nSPS) is 11.1. The zero-order valence-electron chi connectivity index (χ0n) is 18.9. The topological polar surface area (TPSA) is 114 Å².